The molecule has 33 heavy (non-hydrogen) atoms. The Morgan fingerprint density at radius 3 is 1.73 bits per heavy atom. The van der Waals surface area contributed by atoms with Crippen LogP contribution in [0.1, 0.15) is 25.8 Å². The number of aliphatic hydroxyl groups is 1. The molecule has 0 heterocycles. The number of hydrogen-bond donors (Lipinski definition) is 1. The van der Waals surface area contributed by atoms with Crippen molar-refractivity contribution in [1.29, 1.82) is 0 Å². The molecule has 4 heteroatoms. The normalized spacial score (nSPS) is 11.6. The lowest BCUT2D eigenvalue weighted by Gasteiger charge is -2.11. The molecule has 0 saturated carbocycles. The van der Waals surface area contributed by atoms with Crippen LogP contribution in [0.2, 0.25) is 0 Å². The van der Waals surface area contributed by atoms with Crippen LogP contribution in [0.4, 0.5) is 0 Å². The summed E-state index contributed by atoms with van der Waals surface area (Å²) >= 11 is 0. The number of benzene rings is 3. The van der Waals surface area contributed by atoms with E-state index in [2.05, 4.69) is 61.7 Å². The lowest BCUT2D eigenvalue weighted by molar-refractivity contribution is -0.130. The standard InChI is InChI=1S/C29H30O4/c1-20(2)28(30)32-19-5-6-22-7-9-23(10-8-22)24-11-13-25(14-12-24)26-15-17-27(18-16-26)33-29(31)21(3)4/h7-18,28,30H,1,3,5-6,19H2,2,4H3. The molecule has 0 aliphatic carbocycles. The number of rotatable bonds is 10. The van der Waals surface area contributed by atoms with E-state index in [0.717, 1.165) is 35.1 Å². The van der Waals surface area contributed by atoms with Gasteiger partial charge < -0.3 is 14.6 Å². The maximum absolute atomic E-state index is 11.6. The van der Waals surface area contributed by atoms with Gasteiger partial charge in [-0.1, -0.05) is 73.8 Å². The van der Waals surface area contributed by atoms with E-state index in [1.165, 1.54) is 5.56 Å². The average molecular weight is 443 g/mol. The summed E-state index contributed by atoms with van der Waals surface area (Å²) in [6, 6.07) is 24.3. The molecule has 0 fully saturated rings. The smallest absolute Gasteiger partial charge is 0.338 e. The van der Waals surface area contributed by atoms with Gasteiger partial charge in [0.05, 0.1) is 6.61 Å². The van der Waals surface area contributed by atoms with E-state index in [-0.39, 0.29) is 0 Å². The number of esters is 1. The molecule has 1 atom stereocenters. The molecule has 3 aromatic carbocycles. The van der Waals surface area contributed by atoms with Crippen LogP contribution in [0, 0.1) is 0 Å². The Balaban J connectivity index is 1.57. The Kier molecular flexibility index (Phi) is 8.36. The number of aliphatic hydroxyl groups excluding tert-OH is 1. The monoisotopic (exact) mass is 442 g/mol. The quantitative estimate of drug-likeness (QED) is 0.0993. The van der Waals surface area contributed by atoms with Crippen LogP contribution in [0.15, 0.2) is 97.1 Å². The van der Waals surface area contributed by atoms with Crippen LogP contribution in [0.5, 0.6) is 5.75 Å². The minimum Gasteiger partial charge on any atom is -0.423 e. The van der Waals surface area contributed by atoms with Gasteiger partial charge in [0.2, 0.25) is 0 Å². The maximum atomic E-state index is 11.6. The molecule has 1 N–H and O–H groups in total. The first-order valence-corrected chi connectivity index (χ1v) is 11.0. The zero-order chi connectivity index (χ0) is 23.8. The van der Waals surface area contributed by atoms with E-state index in [0.29, 0.717) is 23.5 Å². The number of hydrogen-bond acceptors (Lipinski definition) is 4. The molecule has 0 amide bonds. The molecule has 0 radical (unpaired) electrons. The van der Waals surface area contributed by atoms with Gasteiger partial charge in [0.15, 0.2) is 6.29 Å². The zero-order valence-corrected chi connectivity index (χ0v) is 19.2. The molecule has 170 valence electrons. The first-order chi connectivity index (χ1) is 15.8. The Hall–Kier alpha value is -3.47. The van der Waals surface area contributed by atoms with E-state index >= 15 is 0 Å². The third-order valence-electron chi connectivity index (χ3n) is 5.23. The van der Waals surface area contributed by atoms with Gasteiger partial charge in [0.25, 0.3) is 0 Å². The van der Waals surface area contributed by atoms with Crippen LogP contribution in [-0.4, -0.2) is 24.0 Å². The molecule has 0 spiro atoms. The van der Waals surface area contributed by atoms with Crippen molar-refractivity contribution in [3.05, 3.63) is 103 Å². The molecule has 3 aromatic rings. The number of ether oxygens (including phenoxy) is 2. The Morgan fingerprint density at radius 2 is 1.27 bits per heavy atom. The second-order valence-corrected chi connectivity index (χ2v) is 8.14. The topological polar surface area (TPSA) is 55.8 Å². The van der Waals surface area contributed by atoms with Crippen LogP contribution in [-0.2, 0) is 16.0 Å². The Bertz CT molecular complexity index is 1090. The summed E-state index contributed by atoms with van der Waals surface area (Å²) in [6.07, 6.45) is 0.843. The summed E-state index contributed by atoms with van der Waals surface area (Å²) in [4.78, 5) is 11.6. The second-order valence-electron chi connectivity index (χ2n) is 8.14. The fourth-order valence-electron chi connectivity index (χ4n) is 3.24. The third-order valence-corrected chi connectivity index (χ3v) is 5.23. The average Bonchev–Trinajstić information content (AvgIpc) is 2.82. The SMILES string of the molecule is C=C(C)C(=O)Oc1ccc(-c2ccc(-c3ccc(CCCOC(O)C(=C)C)cc3)cc2)cc1. The summed E-state index contributed by atoms with van der Waals surface area (Å²) in [6.45, 7) is 11.1. The molecule has 3 rings (SSSR count). The molecule has 1 unspecified atom stereocenters. The summed E-state index contributed by atoms with van der Waals surface area (Å²) in [5, 5.41) is 9.60. The molecule has 0 bridgehead atoms. The predicted molar refractivity (Wildman–Crippen MR) is 133 cm³/mol. The van der Waals surface area contributed by atoms with Crippen LogP contribution >= 0.6 is 0 Å². The third kappa shape index (κ3) is 7.01. The first kappa shape index (κ1) is 24.2. The van der Waals surface area contributed by atoms with Crippen LogP contribution in [0.25, 0.3) is 22.3 Å². The lowest BCUT2D eigenvalue weighted by atomic mass is 9.99. The molecule has 4 nitrogen and oxygen atoms in total. The molecule has 0 aliphatic rings. The van der Waals surface area contributed by atoms with Gasteiger partial charge in [0, 0.05) is 5.57 Å². The zero-order valence-electron chi connectivity index (χ0n) is 19.2. The van der Waals surface area contributed by atoms with Gasteiger partial charge in [0.1, 0.15) is 5.75 Å². The highest BCUT2D eigenvalue weighted by atomic mass is 16.6. The molecule has 0 aliphatic heterocycles. The second kappa shape index (κ2) is 11.4. The highest BCUT2D eigenvalue weighted by Crippen LogP contribution is 2.27. The summed E-state index contributed by atoms with van der Waals surface area (Å²) in [7, 11) is 0. The first-order valence-electron chi connectivity index (χ1n) is 11.0. The summed E-state index contributed by atoms with van der Waals surface area (Å²) in [5.74, 6) is 0.0788. The van der Waals surface area contributed by atoms with E-state index in [1.807, 2.05) is 12.1 Å². The summed E-state index contributed by atoms with van der Waals surface area (Å²) < 4.78 is 10.6. The lowest BCUT2D eigenvalue weighted by Crippen LogP contribution is -2.13. The van der Waals surface area contributed by atoms with Gasteiger partial charge in [-0.3, -0.25) is 0 Å². The largest absolute Gasteiger partial charge is 0.423 e. The van der Waals surface area contributed by atoms with Gasteiger partial charge in [-0.05, 0) is 72.2 Å². The number of aryl methyl sites for hydroxylation is 1. The van der Waals surface area contributed by atoms with E-state index in [9.17, 15) is 9.90 Å². The van der Waals surface area contributed by atoms with Crippen molar-refractivity contribution >= 4 is 5.97 Å². The highest BCUT2D eigenvalue weighted by molar-refractivity contribution is 5.88. The van der Waals surface area contributed by atoms with Gasteiger partial charge in [-0.25, -0.2) is 4.79 Å². The van der Waals surface area contributed by atoms with E-state index < -0.39 is 12.3 Å². The molecular weight excluding hydrogens is 412 g/mol. The molecule has 0 aromatic heterocycles. The van der Waals surface area contributed by atoms with Gasteiger partial charge in [-0.15, -0.1) is 0 Å². The van der Waals surface area contributed by atoms with Crippen LogP contribution < -0.4 is 4.74 Å². The van der Waals surface area contributed by atoms with Crippen molar-refractivity contribution in [2.45, 2.75) is 33.0 Å². The van der Waals surface area contributed by atoms with Crippen molar-refractivity contribution in [2.24, 2.45) is 0 Å². The van der Waals surface area contributed by atoms with Crippen molar-refractivity contribution < 1.29 is 19.4 Å². The van der Waals surface area contributed by atoms with E-state index in [1.54, 1.807) is 26.0 Å². The van der Waals surface area contributed by atoms with Gasteiger partial charge >= 0.3 is 5.97 Å². The van der Waals surface area contributed by atoms with Gasteiger partial charge in [-0.2, -0.15) is 0 Å². The number of carbonyl (C=O) groups is 1. The minimum atomic E-state index is -0.882. The minimum absolute atomic E-state index is 0.371. The van der Waals surface area contributed by atoms with Crippen molar-refractivity contribution in [3.8, 4) is 28.0 Å². The fourth-order valence-corrected chi connectivity index (χ4v) is 3.24. The van der Waals surface area contributed by atoms with E-state index in [4.69, 9.17) is 9.47 Å². The number of carbonyl (C=O) groups excluding carboxylic acids is 1. The highest BCUT2D eigenvalue weighted by Gasteiger charge is 2.07. The summed E-state index contributed by atoms with van der Waals surface area (Å²) in [5.41, 5.74) is 6.65. The molecule has 0 saturated heterocycles. The Labute approximate surface area is 195 Å². The van der Waals surface area contributed by atoms with Crippen LogP contribution in [0.3, 0.4) is 0 Å². The molecular formula is C29H30O4. The van der Waals surface area contributed by atoms with Crippen molar-refractivity contribution in [1.82, 2.24) is 0 Å². The maximum Gasteiger partial charge on any atom is 0.338 e. The Morgan fingerprint density at radius 1 is 0.818 bits per heavy atom. The van der Waals surface area contributed by atoms with Crippen molar-refractivity contribution in [3.63, 3.8) is 0 Å². The predicted octanol–water partition coefficient (Wildman–Crippen LogP) is 6.35. The van der Waals surface area contributed by atoms with Crippen molar-refractivity contribution in [2.75, 3.05) is 6.61 Å². The fraction of sp³-hybridized carbons (Fsp3) is 0.207.